The van der Waals surface area contributed by atoms with E-state index in [0.717, 1.165) is 30.6 Å². The van der Waals surface area contributed by atoms with E-state index in [9.17, 15) is 0 Å². The van der Waals surface area contributed by atoms with Crippen LogP contribution in [0.4, 0.5) is 0 Å². The van der Waals surface area contributed by atoms with Gasteiger partial charge in [-0.05, 0) is 25.3 Å². The molecule has 14 heavy (non-hydrogen) atoms. The summed E-state index contributed by atoms with van der Waals surface area (Å²) in [4.78, 5) is 4.02. The third-order valence-electron chi connectivity index (χ3n) is 2.29. The highest BCUT2D eigenvalue weighted by Gasteiger charge is 2.24. The highest BCUT2D eigenvalue weighted by atomic mass is 16.5. The third kappa shape index (κ3) is 1.69. The molecule has 0 N–H and O–H groups in total. The van der Waals surface area contributed by atoms with Crippen molar-refractivity contribution >= 4 is 0 Å². The minimum atomic E-state index is 0.370. The van der Waals surface area contributed by atoms with Crippen LogP contribution in [0.5, 0.6) is 5.75 Å². The summed E-state index contributed by atoms with van der Waals surface area (Å²) in [6.07, 6.45) is 5.06. The first-order chi connectivity index (χ1) is 6.85. The molecule has 2 rings (SSSR count). The van der Waals surface area contributed by atoms with Gasteiger partial charge in [-0.25, -0.2) is 4.98 Å². The van der Waals surface area contributed by atoms with Crippen LogP contribution in [-0.4, -0.2) is 11.1 Å². The summed E-state index contributed by atoms with van der Waals surface area (Å²) < 4.78 is 5.70. The fraction of sp³-hybridized carbons (Fsp3) is 0.455. The van der Waals surface area contributed by atoms with Gasteiger partial charge >= 0.3 is 0 Å². The summed E-state index contributed by atoms with van der Waals surface area (Å²) in [6.45, 7) is 2.01. The second-order valence-corrected chi connectivity index (χ2v) is 3.42. The van der Waals surface area contributed by atoms with Gasteiger partial charge in [-0.3, -0.25) is 0 Å². The minimum Gasteiger partial charge on any atom is -0.490 e. The summed E-state index contributed by atoms with van der Waals surface area (Å²) >= 11 is 0. The van der Waals surface area contributed by atoms with Crippen LogP contribution in [-0.2, 0) is 6.42 Å². The predicted octanol–water partition coefficient (Wildman–Crippen LogP) is 2.06. The lowest BCUT2D eigenvalue weighted by Gasteiger charge is -2.09. The van der Waals surface area contributed by atoms with Crippen molar-refractivity contribution in [2.24, 2.45) is 0 Å². The SMILES string of the molecule is CCc1c(OC2CC2)ccnc1C#N. The van der Waals surface area contributed by atoms with E-state index in [2.05, 4.69) is 11.1 Å². The zero-order valence-corrected chi connectivity index (χ0v) is 8.16. The predicted molar refractivity (Wildman–Crippen MR) is 52.0 cm³/mol. The molecule has 1 saturated carbocycles. The number of hydrogen-bond donors (Lipinski definition) is 0. The highest BCUT2D eigenvalue weighted by Crippen LogP contribution is 2.29. The van der Waals surface area contributed by atoms with Gasteiger partial charge in [0.1, 0.15) is 17.5 Å². The average molecular weight is 188 g/mol. The van der Waals surface area contributed by atoms with Crippen molar-refractivity contribution in [1.82, 2.24) is 4.98 Å². The molecule has 72 valence electrons. The lowest BCUT2D eigenvalue weighted by atomic mass is 10.1. The molecule has 0 radical (unpaired) electrons. The van der Waals surface area contributed by atoms with E-state index >= 15 is 0 Å². The van der Waals surface area contributed by atoms with E-state index in [4.69, 9.17) is 10.00 Å². The standard InChI is InChI=1S/C11H12N2O/c1-2-9-10(7-12)13-6-5-11(9)14-8-3-4-8/h5-6,8H,2-4H2,1H3. The molecular formula is C11H12N2O. The normalized spacial score (nSPS) is 14.9. The Kier molecular flexibility index (Phi) is 2.36. The maximum Gasteiger partial charge on any atom is 0.147 e. The molecule has 1 aromatic heterocycles. The van der Waals surface area contributed by atoms with Crippen LogP contribution in [0.2, 0.25) is 0 Å². The summed E-state index contributed by atoms with van der Waals surface area (Å²) in [5, 5.41) is 8.86. The molecule has 0 atom stereocenters. The van der Waals surface area contributed by atoms with Crippen LogP contribution in [0, 0.1) is 11.3 Å². The molecule has 1 aliphatic carbocycles. The Bertz CT molecular complexity index is 377. The van der Waals surface area contributed by atoms with Crippen molar-refractivity contribution in [3.63, 3.8) is 0 Å². The van der Waals surface area contributed by atoms with Crippen molar-refractivity contribution in [1.29, 1.82) is 5.26 Å². The van der Waals surface area contributed by atoms with Gasteiger partial charge in [0.2, 0.25) is 0 Å². The first-order valence-electron chi connectivity index (χ1n) is 4.89. The molecule has 0 aliphatic heterocycles. The number of ether oxygens (including phenoxy) is 1. The van der Waals surface area contributed by atoms with Gasteiger partial charge < -0.3 is 4.74 Å². The lowest BCUT2D eigenvalue weighted by molar-refractivity contribution is 0.299. The number of nitriles is 1. The molecular weight excluding hydrogens is 176 g/mol. The van der Waals surface area contributed by atoms with Gasteiger partial charge in [0, 0.05) is 11.8 Å². The van der Waals surface area contributed by atoms with Gasteiger partial charge in [0.05, 0.1) is 6.10 Å². The Morgan fingerprint density at radius 1 is 1.64 bits per heavy atom. The smallest absolute Gasteiger partial charge is 0.147 e. The summed E-state index contributed by atoms with van der Waals surface area (Å²) in [5.74, 6) is 0.835. The third-order valence-corrected chi connectivity index (χ3v) is 2.29. The summed E-state index contributed by atoms with van der Waals surface area (Å²) in [5.41, 5.74) is 1.42. The first kappa shape index (κ1) is 9.01. The molecule has 0 unspecified atom stereocenters. The minimum absolute atomic E-state index is 0.370. The van der Waals surface area contributed by atoms with Crippen LogP contribution in [0.1, 0.15) is 31.0 Å². The van der Waals surface area contributed by atoms with E-state index in [0.29, 0.717) is 11.8 Å². The summed E-state index contributed by atoms with van der Waals surface area (Å²) in [7, 11) is 0. The molecule has 3 heteroatoms. The largest absolute Gasteiger partial charge is 0.490 e. The number of pyridine rings is 1. The van der Waals surface area contributed by atoms with Gasteiger partial charge in [-0.2, -0.15) is 5.26 Å². The Morgan fingerprint density at radius 2 is 2.43 bits per heavy atom. The van der Waals surface area contributed by atoms with Gasteiger partial charge in [-0.15, -0.1) is 0 Å². The Hall–Kier alpha value is -1.56. The second kappa shape index (κ2) is 3.67. The van der Waals surface area contributed by atoms with Crippen LogP contribution < -0.4 is 4.74 Å². The van der Waals surface area contributed by atoms with Crippen LogP contribution in [0.15, 0.2) is 12.3 Å². The van der Waals surface area contributed by atoms with E-state index < -0.39 is 0 Å². The van der Waals surface area contributed by atoms with Crippen molar-refractivity contribution in [2.45, 2.75) is 32.3 Å². The number of nitrogens with zero attached hydrogens (tertiary/aromatic N) is 2. The Morgan fingerprint density at radius 3 is 3.00 bits per heavy atom. The second-order valence-electron chi connectivity index (χ2n) is 3.42. The maximum atomic E-state index is 8.86. The van der Waals surface area contributed by atoms with E-state index in [1.54, 1.807) is 6.20 Å². The molecule has 0 aromatic carbocycles. The number of aromatic nitrogens is 1. The quantitative estimate of drug-likeness (QED) is 0.729. The van der Waals surface area contributed by atoms with Gasteiger partial charge in [-0.1, -0.05) is 6.92 Å². The van der Waals surface area contributed by atoms with Crippen molar-refractivity contribution < 1.29 is 4.74 Å². The summed E-state index contributed by atoms with van der Waals surface area (Å²) in [6, 6.07) is 3.93. The van der Waals surface area contributed by atoms with Crippen molar-refractivity contribution in [3.8, 4) is 11.8 Å². The average Bonchev–Trinajstić information content (AvgIpc) is 3.01. The molecule has 3 nitrogen and oxygen atoms in total. The van der Waals surface area contributed by atoms with Gasteiger partial charge in [0.25, 0.3) is 0 Å². The topological polar surface area (TPSA) is 45.9 Å². The van der Waals surface area contributed by atoms with Crippen molar-refractivity contribution in [2.75, 3.05) is 0 Å². The molecule has 1 aromatic rings. The zero-order chi connectivity index (χ0) is 9.97. The maximum absolute atomic E-state index is 8.86. The van der Waals surface area contributed by atoms with Gasteiger partial charge in [0.15, 0.2) is 0 Å². The zero-order valence-electron chi connectivity index (χ0n) is 8.16. The van der Waals surface area contributed by atoms with Crippen LogP contribution >= 0.6 is 0 Å². The number of rotatable bonds is 3. The first-order valence-corrected chi connectivity index (χ1v) is 4.89. The molecule has 0 bridgehead atoms. The lowest BCUT2D eigenvalue weighted by Crippen LogP contribution is -2.02. The Balaban J connectivity index is 2.32. The van der Waals surface area contributed by atoms with Crippen LogP contribution in [0.3, 0.4) is 0 Å². The fourth-order valence-corrected chi connectivity index (χ4v) is 1.39. The highest BCUT2D eigenvalue weighted by molar-refractivity contribution is 5.42. The van der Waals surface area contributed by atoms with E-state index in [1.807, 2.05) is 13.0 Å². The molecule has 1 aliphatic rings. The van der Waals surface area contributed by atoms with Crippen LogP contribution in [0.25, 0.3) is 0 Å². The molecule has 0 spiro atoms. The Labute approximate surface area is 83.3 Å². The van der Waals surface area contributed by atoms with E-state index in [1.165, 1.54) is 0 Å². The molecule has 0 saturated heterocycles. The molecule has 1 heterocycles. The fourth-order valence-electron chi connectivity index (χ4n) is 1.39. The molecule has 1 fully saturated rings. The molecule has 0 amide bonds. The van der Waals surface area contributed by atoms with Crippen molar-refractivity contribution in [3.05, 3.63) is 23.5 Å². The van der Waals surface area contributed by atoms with E-state index in [-0.39, 0.29) is 0 Å². The monoisotopic (exact) mass is 188 g/mol. The number of hydrogen-bond acceptors (Lipinski definition) is 3.